The first kappa shape index (κ1) is 17.3. The largest absolute Gasteiger partial charge is 0.455 e. The van der Waals surface area contributed by atoms with Crippen molar-refractivity contribution in [3.63, 3.8) is 0 Å². The van der Waals surface area contributed by atoms with E-state index in [1.165, 1.54) is 12.1 Å². The fraction of sp³-hybridized carbons (Fsp3) is 0.0526. The van der Waals surface area contributed by atoms with Gasteiger partial charge in [-0.05, 0) is 43.3 Å². The summed E-state index contributed by atoms with van der Waals surface area (Å²) in [5.41, 5.74) is 1.90. The zero-order chi connectivity index (χ0) is 17.8. The van der Waals surface area contributed by atoms with Crippen molar-refractivity contribution in [2.45, 2.75) is 6.92 Å². The molecule has 1 heterocycles. The fourth-order valence-corrected chi connectivity index (χ4v) is 2.59. The second kappa shape index (κ2) is 7.55. The highest BCUT2D eigenvalue weighted by Crippen LogP contribution is 2.30. The van der Waals surface area contributed by atoms with Gasteiger partial charge in [-0.25, -0.2) is 4.98 Å². The SMILES string of the molecule is Cc1ccc(Oc2ccccc2NC(=O)c2ccc(Cl)nc2Cl)cc1. The Morgan fingerprint density at radius 2 is 1.72 bits per heavy atom. The van der Waals surface area contributed by atoms with Gasteiger partial charge < -0.3 is 10.1 Å². The number of halogens is 2. The average molecular weight is 373 g/mol. The van der Waals surface area contributed by atoms with Gasteiger partial charge in [-0.2, -0.15) is 0 Å². The van der Waals surface area contributed by atoms with Crippen molar-refractivity contribution in [2.24, 2.45) is 0 Å². The molecule has 0 bridgehead atoms. The number of aryl methyl sites for hydroxylation is 1. The van der Waals surface area contributed by atoms with Crippen LogP contribution in [0.15, 0.2) is 60.7 Å². The molecule has 0 unspecified atom stereocenters. The van der Waals surface area contributed by atoms with Crippen LogP contribution < -0.4 is 10.1 Å². The van der Waals surface area contributed by atoms with E-state index in [1.54, 1.807) is 18.2 Å². The molecule has 0 aliphatic rings. The maximum Gasteiger partial charge on any atom is 0.258 e. The summed E-state index contributed by atoms with van der Waals surface area (Å²) in [5.74, 6) is 0.811. The first-order valence-corrected chi connectivity index (χ1v) is 8.25. The summed E-state index contributed by atoms with van der Waals surface area (Å²) >= 11 is 11.7. The third-order valence-corrected chi connectivity index (χ3v) is 3.94. The Morgan fingerprint density at radius 1 is 1.00 bits per heavy atom. The number of aromatic nitrogens is 1. The minimum atomic E-state index is -0.394. The van der Waals surface area contributed by atoms with E-state index in [1.807, 2.05) is 37.3 Å². The molecular weight excluding hydrogens is 359 g/mol. The third-order valence-electron chi connectivity index (χ3n) is 3.44. The van der Waals surface area contributed by atoms with Crippen molar-refractivity contribution in [2.75, 3.05) is 5.32 Å². The number of pyridine rings is 1. The molecule has 4 nitrogen and oxygen atoms in total. The average Bonchev–Trinajstić information content (AvgIpc) is 2.58. The summed E-state index contributed by atoms with van der Waals surface area (Å²) < 4.78 is 5.87. The highest BCUT2D eigenvalue weighted by Gasteiger charge is 2.14. The fourth-order valence-electron chi connectivity index (χ4n) is 2.16. The van der Waals surface area contributed by atoms with Crippen LogP contribution in [0.5, 0.6) is 11.5 Å². The summed E-state index contributed by atoms with van der Waals surface area (Å²) in [6.45, 7) is 2.00. The predicted molar refractivity (Wildman–Crippen MR) is 99.9 cm³/mol. The lowest BCUT2D eigenvalue weighted by Crippen LogP contribution is -2.13. The molecule has 0 aliphatic heterocycles. The Morgan fingerprint density at radius 3 is 2.44 bits per heavy atom. The number of nitrogens with one attached hydrogen (secondary N) is 1. The molecule has 0 spiro atoms. The Hall–Kier alpha value is -2.56. The molecule has 0 atom stereocenters. The number of carbonyl (C=O) groups excluding carboxylic acids is 1. The first-order valence-electron chi connectivity index (χ1n) is 7.50. The monoisotopic (exact) mass is 372 g/mol. The van der Waals surface area contributed by atoms with E-state index in [4.69, 9.17) is 27.9 Å². The molecule has 1 amide bonds. The van der Waals surface area contributed by atoms with Crippen LogP contribution in [0.1, 0.15) is 15.9 Å². The molecule has 3 rings (SSSR count). The number of para-hydroxylation sites is 2. The summed E-state index contributed by atoms with van der Waals surface area (Å²) in [5, 5.41) is 3.06. The Balaban J connectivity index is 1.83. The first-order chi connectivity index (χ1) is 12.0. The number of carbonyl (C=O) groups is 1. The number of benzene rings is 2. The van der Waals surface area contributed by atoms with E-state index >= 15 is 0 Å². The highest BCUT2D eigenvalue weighted by molar-refractivity contribution is 6.35. The zero-order valence-corrected chi connectivity index (χ0v) is 14.8. The molecule has 0 saturated heterocycles. The number of nitrogens with zero attached hydrogens (tertiary/aromatic N) is 1. The van der Waals surface area contributed by atoms with Crippen LogP contribution in [0.2, 0.25) is 10.3 Å². The number of ether oxygens (including phenoxy) is 1. The van der Waals surface area contributed by atoms with Crippen LogP contribution in [0.4, 0.5) is 5.69 Å². The van der Waals surface area contributed by atoms with E-state index in [2.05, 4.69) is 10.3 Å². The summed E-state index contributed by atoms with van der Waals surface area (Å²) in [4.78, 5) is 16.3. The molecule has 126 valence electrons. The van der Waals surface area contributed by atoms with Crippen molar-refractivity contribution in [1.82, 2.24) is 4.98 Å². The van der Waals surface area contributed by atoms with Crippen LogP contribution in [0.3, 0.4) is 0 Å². The summed E-state index contributed by atoms with van der Waals surface area (Å²) in [7, 11) is 0. The number of amides is 1. The van der Waals surface area contributed by atoms with Gasteiger partial charge in [-0.3, -0.25) is 4.79 Å². The van der Waals surface area contributed by atoms with Crippen molar-refractivity contribution in [1.29, 1.82) is 0 Å². The molecule has 0 radical (unpaired) electrons. The molecular formula is C19H14Cl2N2O2. The lowest BCUT2D eigenvalue weighted by atomic mass is 10.2. The lowest BCUT2D eigenvalue weighted by Gasteiger charge is -2.12. The van der Waals surface area contributed by atoms with Gasteiger partial charge in [0, 0.05) is 0 Å². The minimum Gasteiger partial charge on any atom is -0.455 e. The molecule has 1 aromatic heterocycles. The molecule has 3 aromatic rings. The van der Waals surface area contributed by atoms with Gasteiger partial charge in [0.1, 0.15) is 16.1 Å². The van der Waals surface area contributed by atoms with E-state index in [9.17, 15) is 4.79 Å². The molecule has 0 aliphatic carbocycles. The summed E-state index contributed by atoms with van der Waals surface area (Å²) in [6, 6.07) is 17.8. The van der Waals surface area contributed by atoms with Crippen molar-refractivity contribution in [3.05, 3.63) is 82.1 Å². The summed E-state index contributed by atoms with van der Waals surface area (Å²) in [6.07, 6.45) is 0. The van der Waals surface area contributed by atoms with E-state index in [0.717, 1.165) is 5.56 Å². The van der Waals surface area contributed by atoms with E-state index in [-0.39, 0.29) is 15.9 Å². The van der Waals surface area contributed by atoms with Crippen molar-refractivity contribution < 1.29 is 9.53 Å². The number of hydrogen-bond acceptors (Lipinski definition) is 3. The lowest BCUT2D eigenvalue weighted by molar-refractivity contribution is 0.102. The van der Waals surface area contributed by atoms with Gasteiger partial charge in [-0.15, -0.1) is 0 Å². The second-order valence-corrected chi connectivity index (χ2v) is 6.08. The number of anilines is 1. The van der Waals surface area contributed by atoms with E-state index < -0.39 is 5.91 Å². The second-order valence-electron chi connectivity index (χ2n) is 5.34. The van der Waals surface area contributed by atoms with Gasteiger partial charge in [0.15, 0.2) is 5.75 Å². The Bertz CT molecular complexity index is 912. The minimum absolute atomic E-state index is 0.0435. The van der Waals surface area contributed by atoms with Crippen LogP contribution in [-0.2, 0) is 0 Å². The normalized spacial score (nSPS) is 10.4. The number of rotatable bonds is 4. The highest BCUT2D eigenvalue weighted by atomic mass is 35.5. The van der Waals surface area contributed by atoms with Gasteiger partial charge >= 0.3 is 0 Å². The number of hydrogen-bond donors (Lipinski definition) is 1. The molecule has 2 aromatic carbocycles. The third kappa shape index (κ3) is 4.29. The molecule has 0 saturated carbocycles. The topological polar surface area (TPSA) is 51.2 Å². The van der Waals surface area contributed by atoms with Crippen LogP contribution >= 0.6 is 23.2 Å². The standard InChI is InChI=1S/C19H14Cl2N2O2/c1-12-6-8-13(9-7-12)25-16-5-3-2-4-15(16)22-19(24)14-10-11-17(20)23-18(14)21/h2-11H,1H3,(H,22,24). The van der Waals surface area contributed by atoms with Crippen LogP contribution in [0.25, 0.3) is 0 Å². The van der Waals surface area contributed by atoms with Gasteiger partial charge in [0.25, 0.3) is 5.91 Å². The quantitative estimate of drug-likeness (QED) is 0.593. The molecule has 0 fully saturated rings. The predicted octanol–water partition coefficient (Wildman–Crippen LogP) is 5.74. The van der Waals surface area contributed by atoms with E-state index in [0.29, 0.717) is 17.2 Å². The van der Waals surface area contributed by atoms with Gasteiger partial charge in [-0.1, -0.05) is 53.0 Å². The van der Waals surface area contributed by atoms with Gasteiger partial charge in [0.2, 0.25) is 0 Å². The molecule has 1 N–H and O–H groups in total. The maximum atomic E-state index is 12.5. The van der Waals surface area contributed by atoms with Crippen molar-refractivity contribution in [3.8, 4) is 11.5 Å². The van der Waals surface area contributed by atoms with Crippen LogP contribution in [-0.4, -0.2) is 10.9 Å². The molecule has 25 heavy (non-hydrogen) atoms. The van der Waals surface area contributed by atoms with Gasteiger partial charge in [0.05, 0.1) is 11.3 Å². The van der Waals surface area contributed by atoms with Crippen LogP contribution in [0, 0.1) is 6.92 Å². The van der Waals surface area contributed by atoms with Crippen molar-refractivity contribution >= 4 is 34.8 Å². The molecule has 6 heteroatoms. The Kier molecular flexibility index (Phi) is 5.22. The zero-order valence-electron chi connectivity index (χ0n) is 13.3. The Labute approximate surface area is 155 Å². The smallest absolute Gasteiger partial charge is 0.258 e. The maximum absolute atomic E-state index is 12.5.